The average Bonchev–Trinajstić information content (AvgIpc) is 3.06. The van der Waals surface area contributed by atoms with Gasteiger partial charge in [-0.05, 0) is 37.1 Å². The monoisotopic (exact) mass is 321 g/mol. The summed E-state index contributed by atoms with van der Waals surface area (Å²) in [5, 5.41) is 8.90. The lowest BCUT2D eigenvalue weighted by Gasteiger charge is -2.19. The van der Waals surface area contributed by atoms with Crippen LogP contribution in [0.3, 0.4) is 0 Å². The zero-order chi connectivity index (χ0) is 16.8. The molecule has 2 atom stereocenters. The minimum absolute atomic E-state index is 0.153. The molecule has 0 bridgehead atoms. The number of benzene rings is 1. The second-order valence-electron chi connectivity index (χ2n) is 5.90. The van der Waals surface area contributed by atoms with Gasteiger partial charge >= 0.3 is 5.97 Å². The van der Waals surface area contributed by atoms with E-state index in [9.17, 15) is 9.59 Å². The molecule has 1 fully saturated rings. The molecule has 0 aliphatic carbocycles. The topological polar surface area (TPSA) is 76.1 Å². The Bertz CT molecular complexity index is 536. The number of nitrogens with zero attached hydrogens (tertiary/aromatic N) is 1. The van der Waals surface area contributed by atoms with Gasteiger partial charge in [-0.3, -0.25) is 9.59 Å². The Labute approximate surface area is 136 Å². The Kier molecular flexibility index (Phi) is 5.98. The maximum atomic E-state index is 12.3. The van der Waals surface area contributed by atoms with Crippen molar-refractivity contribution < 1.29 is 24.2 Å². The molecule has 1 amide bonds. The Hall–Kier alpha value is -2.08. The highest BCUT2D eigenvalue weighted by Gasteiger charge is 2.19. The minimum Gasteiger partial charge on any atom is -0.491 e. The molecule has 126 valence electrons. The van der Waals surface area contributed by atoms with Crippen LogP contribution >= 0.6 is 0 Å². The van der Waals surface area contributed by atoms with E-state index in [1.807, 2.05) is 0 Å². The number of carboxylic acid groups (broad SMARTS) is 1. The molecule has 1 N–H and O–H groups in total. The summed E-state index contributed by atoms with van der Waals surface area (Å²) in [6, 6.07) is 6.87. The van der Waals surface area contributed by atoms with Crippen molar-refractivity contribution in [3.05, 3.63) is 29.8 Å². The third kappa shape index (κ3) is 4.96. The molecule has 1 aromatic carbocycles. The van der Waals surface area contributed by atoms with Crippen LogP contribution < -0.4 is 4.74 Å². The van der Waals surface area contributed by atoms with Gasteiger partial charge in [0.15, 0.2) is 0 Å². The molecule has 23 heavy (non-hydrogen) atoms. The summed E-state index contributed by atoms with van der Waals surface area (Å²) in [5.74, 6) is -1.03. The highest BCUT2D eigenvalue weighted by Crippen LogP contribution is 2.17. The van der Waals surface area contributed by atoms with E-state index in [-0.39, 0.29) is 18.6 Å². The fraction of sp³-hybridized carbons (Fsp3) is 0.529. The number of aliphatic carboxylic acids is 1. The lowest BCUT2D eigenvalue weighted by atomic mass is 10.1. The first kappa shape index (κ1) is 17.3. The third-order valence-corrected chi connectivity index (χ3v) is 3.88. The Balaban J connectivity index is 1.87. The van der Waals surface area contributed by atoms with E-state index >= 15 is 0 Å². The predicted molar refractivity (Wildman–Crippen MR) is 84.7 cm³/mol. The number of hydrogen-bond donors (Lipinski definition) is 1. The van der Waals surface area contributed by atoms with E-state index < -0.39 is 11.9 Å². The molecule has 1 aliphatic heterocycles. The minimum atomic E-state index is -0.914. The van der Waals surface area contributed by atoms with Crippen LogP contribution in [0.1, 0.15) is 30.1 Å². The molecule has 0 radical (unpaired) electrons. The Morgan fingerprint density at radius 2 is 2.09 bits per heavy atom. The molecule has 6 heteroatoms. The zero-order valence-corrected chi connectivity index (χ0v) is 13.5. The van der Waals surface area contributed by atoms with Crippen molar-refractivity contribution in [1.29, 1.82) is 0 Å². The molecule has 0 aromatic heterocycles. The van der Waals surface area contributed by atoms with Gasteiger partial charge in [0.2, 0.25) is 0 Å². The first-order valence-electron chi connectivity index (χ1n) is 7.80. The number of amides is 1. The fourth-order valence-corrected chi connectivity index (χ4v) is 2.45. The van der Waals surface area contributed by atoms with E-state index in [0.717, 1.165) is 19.4 Å². The van der Waals surface area contributed by atoms with Crippen molar-refractivity contribution >= 4 is 11.9 Å². The van der Waals surface area contributed by atoms with Gasteiger partial charge in [0.25, 0.3) is 5.91 Å². The summed E-state index contributed by atoms with van der Waals surface area (Å²) in [6.45, 7) is 3.06. The maximum absolute atomic E-state index is 12.3. The molecule has 1 heterocycles. The summed E-state index contributed by atoms with van der Waals surface area (Å²) >= 11 is 0. The molecular formula is C17H23NO5. The van der Waals surface area contributed by atoms with Crippen molar-refractivity contribution in [1.82, 2.24) is 4.90 Å². The van der Waals surface area contributed by atoms with E-state index in [0.29, 0.717) is 17.9 Å². The molecule has 1 saturated heterocycles. The van der Waals surface area contributed by atoms with Gasteiger partial charge in [-0.25, -0.2) is 0 Å². The SMILES string of the molecule is CC(CN(C)C(=O)c1ccc(OCC2CCCO2)cc1)C(=O)O. The Morgan fingerprint density at radius 1 is 1.39 bits per heavy atom. The smallest absolute Gasteiger partial charge is 0.308 e. The van der Waals surface area contributed by atoms with Crippen molar-refractivity contribution in [3.63, 3.8) is 0 Å². The van der Waals surface area contributed by atoms with Gasteiger partial charge in [-0.1, -0.05) is 6.92 Å². The second-order valence-corrected chi connectivity index (χ2v) is 5.90. The number of carboxylic acids is 1. The van der Waals surface area contributed by atoms with Crippen LogP contribution in [0.25, 0.3) is 0 Å². The van der Waals surface area contributed by atoms with Crippen LogP contribution in [-0.2, 0) is 9.53 Å². The quantitative estimate of drug-likeness (QED) is 0.831. The first-order chi connectivity index (χ1) is 11.0. The van der Waals surface area contributed by atoms with Gasteiger partial charge in [0, 0.05) is 25.8 Å². The summed E-state index contributed by atoms with van der Waals surface area (Å²) < 4.78 is 11.1. The summed E-state index contributed by atoms with van der Waals surface area (Å²) in [5.41, 5.74) is 0.509. The lowest BCUT2D eigenvalue weighted by Crippen LogP contribution is -2.33. The zero-order valence-electron chi connectivity index (χ0n) is 13.5. The second kappa shape index (κ2) is 7.97. The first-order valence-corrected chi connectivity index (χ1v) is 7.80. The van der Waals surface area contributed by atoms with Crippen LogP contribution in [0.5, 0.6) is 5.75 Å². The standard InChI is InChI=1S/C17H23NO5/c1-12(17(20)21)10-18(2)16(19)13-5-7-14(8-6-13)23-11-15-4-3-9-22-15/h5-8,12,15H,3-4,9-11H2,1-2H3,(H,20,21). The van der Waals surface area contributed by atoms with Crippen molar-refractivity contribution in [3.8, 4) is 5.75 Å². The van der Waals surface area contributed by atoms with Crippen LogP contribution in [0, 0.1) is 5.92 Å². The number of rotatable bonds is 7. The largest absolute Gasteiger partial charge is 0.491 e. The van der Waals surface area contributed by atoms with Crippen molar-refractivity contribution in [2.45, 2.75) is 25.9 Å². The summed E-state index contributed by atoms with van der Waals surface area (Å²) in [7, 11) is 1.60. The van der Waals surface area contributed by atoms with Crippen molar-refractivity contribution in [2.24, 2.45) is 5.92 Å². The number of ether oxygens (including phenoxy) is 2. The molecule has 0 saturated carbocycles. The van der Waals surface area contributed by atoms with Gasteiger partial charge < -0.3 is 19.5 Å². The molecule has 1 aliphatic rings. The summed E-state index contributed by atoms with van der Waals surface area (Å²) in [6.07, 6.45) is 2.24. The van der Waals surface area contributed by atoms with Gasteiger partial charge in [-0.15, -0.1) is 0 Å². The van der Waals surface area contributed by atoms with Crippen LogP contribution in [0.2, 0.25) is 0 Å². The highest BCUT2D eigenvalue weighted by molar-refractivity contribution is 5.94. The molecule has 0 spiro atoms. The molecule has 2 rings (SSSR count). The normalized spacial score (nSPS) is 18.4. The van der Waals surface area contributed by atoms with Crippen molar-refractivity contribution in [2.75, 3.05) is 26.8 Å². The van der Waals surface area contributed by atoms with Gasteiger partial charge in [-0.2, -0.15) is 0 Å². The molecular weight excluding hydrogens is 298 g/mol. The van der Waals surface area contributed by atoms with E-state index in [1.165, 1.54) is 4.90 Å². The van der Waals surface area contributed by atoms with E-state index in [2.05, 4.69) is 0 Å². The Morgan fingerprint density at radius 3 is 2.65 bits per heavy atom. The average molecular weight is 321 g/mol. The van der Waals surface area contributed by atoms with Gasteiger partial charge in [0.1, 0.15) is 12.4 Å². The number of carbonyl (C=O) groups is 2. The number of hydrogen-bond acceptors (Lipinski definition) is 4. The summed E-state index contributed by atoms with van der Waals surface area (Å²) in [4.78, 5) is 24.5. The van der Waals surface area contributed by atoms with Gasteiger partial charge in [0.05, 0.1) is 12.0 Å². The van der Waals surface area contributed by atoms with Crippen LogP contribution in [0.15, 0.2) is 24.3 Å². The lowest BCUT2D eigenvalue weighted by molar-refractivity contribution is -0.141. The maximum Gasteiger partial charge on any atom is 0.308 e. The van der Waals surface area contributed by atoms with E-state index in [1.54, 1.807) is 38.2 Å². The third-order valence-electron chi connectivity index (χ3n) is 3.88. The molecule has 2 unspecified atom stereocenters. The van der Waals surface area contributed by atoms with Crippen LogP contribution in [-0.4, -0.2) is 54.8 Å². The number of carbonyl (C=O) groups excluding carboxylic acids is 1. The fourth-order valence-electron chi connectivity index (χ4n) is 2.45. The molecule has 1 aromatic rings. The molecule has 6 nitrogen and oxygen atoms in total. The predicted octanol–water partition coefficient (Wildman–Crippen LogP) is 2.04. The van der Waals surface area contributed by atoms with Crippen LogP contribution in [0.4, 0.5) is 0 Å². The van der Waals surface area contributed by atoms with E-state index in [4.69, 9.17) is 14.6 Å². The highest BCUT2D eigenvalue weighted by atomic mass is 16.5.